The predicted octanol–water partition coefficient (Wildman–Crippen LogP) is 3.54. The summed E-state index contributed by atoms with van der Waals surface area (Å²) in [7, 11) is -3.69. The average Bonchev–Trinajstić information content (AvgIpc) is 3.13. The maximum absolute atomic E-state index is 12.7. The van der Waals surface area contributed by atoms with Crippen molar-refractivity contribution in [1.29, 1.82) is 0 Å². The molecule has 2 N–H and O–H groups in total. The molecule has 0 bridgehead atoms. The standard InChI is InChI=1S/C20H19N3O5S3/c1-2-28-12-3-5-14-17(9-12)30-20(22-14)23-18(24)7-8-31(26,27)13-4-6-16-15(10-13)21-19(25)11-29-16/h3-6,9-10H,2,7-8,11H2,1H3,(H,21,25)(H,22,23,24). The minimum atomic E-state index is -3.69. The van der Waals surface area contributed by atoms with Gasteiger partial charge in [0.15, 0.2) is 15.0 Å². The Morgan fingerprint density at radius 2 is 2.10 bits per heavy atom. The molecule has 0 atom stereocenters. The zero-order valence-corrected chi connectivity index (χ0v) is 19.0. The number of aromatic nitrogens is 1. The highest BCUT2D eigenvalue weighted by Crippen LogP contribution is 2.33. The highest BCUT2D eigenvalue weighted by atomic mass is 32.2. The highest BCUT2D eigenvalue weighted by molar-refractivity contribution is 8.00. The van der Waals surface area contributed by atoms with Crippen molar-refractivity contribution in [2.75, 3.05) is 28.7 Å². The van der Waals surface area contributed by atoms with E-state index in [1.165, 1.54) is 35.2 Å². The third-order valence-corrected chi connectivity index (χ3v) is 8.18. The normalized spacial score (nSPS) is 13.5. The van der Waals surface area contributed by atoms with E-state index in [4.69, 9.17) is 4.74 Å². The number of rotatable bonds is 7. The van der Waals surface area contributed by atoms with E-state index in [1.54, 1.807) is 6.07 Å². The van der Waals surface area contributed by atoms with Gasteiger partial charge in [-0.25, -0.2) is 13.4 Å². The number of benzene rings is 2. The molecule has 8 nitrogen and oxygen atoms in total. The minimum absolute atomic E-state index is 0.0743. The van der Waals surface area contributed by atoms with Crippen molar-refractivity contribution in [3.8, 4) is 5.75 Å². The summed E-state index contributed by atoms with van der Waals surface area (Å²) >= 11 is 2.65. The average molecular weight is 478 g/mol. The number of carbonyl (C=O) groups excluding carboxylic acids is 2. The maximum atomic E-state index is 12.7. The summed E-state index contributed by atoms with van der Waals surface area (Å²) in [5.74, 6) is 0.0724. The number of amides is 2. The topological polar surface area (TPSA) is 114 Å². The molecule has 31 heavy (non-hydrogen) atoms. The molecule has 0 saturated heterocycles. The zero-order valence-electron chi connectivity index (χ0n) is 16.5. The number of hydrogen-bond acceptors (Lipinski definition) is 8. The van der Waals surface area contributed by atoms with Crippen LogP contribution in [0.5, 0.6) is 5.75 Å². The largest absolute Gasteiger partial charge is 0.494 e. The Hall–Kier alpha value is -2.63. The SMILES string of the molecule is CCOc1ccc2nc(NC(=O)CCS(=O)(=O)c3ccc4c(c3)NC(=O)CS4)sc2c1. The lowest BCUT2D eigenvalue weighted by Gasteiger charge is -2.17. The van der Waals surface area contributed by atoms with Crippen LogP contribution < -0.4 is 15.4 Å². The van der Waals surface area contributed by atoms with Crippen LogP contribution in [0.2, 0.25) is 0 Å². The minimum Gasteiger partial charge on any atom is -0.494 e. The third-order valence-electron chi connectivity index (χ3n) is 4.46. The van der Waals surface area contributed by atoms with Gasteiger partial charge in [-0.15, -0.1) is 11.8 Å². The fourth-order valence-electron chi connectivity index (χ4n) is 3.00. The van der Waals surface area contributed by atoms with Crippen LogP contribution in [0.3, 0.4) is 0 Å². The van der Waals surface area contributed by atoms with Crippen molar-refractivity contribution in [3.63, 3.8) is 0 Å². The van der Waals surface area contributed by atoms with Crippen LogP contribution in [0.25, 0.3) is 10.2 Å². The van der Waals surface area contributed by atoms with Crippen molar-refractivity contribution >= 4 is 65.8 Å². The molecule has 0 radical (unpaired) electrons. The van der Waals surface area contributed by atoms with Crippen LogP contribution in [0, 0.1) is 0 Å². The fraction of sp³-hybridized carbons (Fsp3) is 0.250. The van der Waals surface area contributed by atoms with E-state index >= 15 is 0 Å². The van der Waals surface area contributed by atoms with Crippen LogP contribution in [0.1, 0.15) is 13.3 Å². The van der Waals surface area contributed by atoms with E-state index in [0.717, 1.165) is 20.9 Å². The van der Waals surface area contributed by atoms with E-state index in [0.29, 0.717) is 23.2 Å². The Labute approximate surface area is 187 Å². The van der Waals surface area contributed by atoms with E-state index < -0.39 is 15.7 Å². The van der Waals surface area contributed by atoms with E-state index in [-0.39, 0.29) is 23.0 Å². The van der Waals surface area contributed by atoms with Crippen molar-refractivity contribution in [3.05, 3.63) is 36.4 Å². The number of anilines is 2. The van der Waals surface area contributed by atoms with Crippen LogP contribution in [-0.2, 0) is 19.4 Å². The van der Waals surface area contributed by atoms with Gasteiger partial charge in [-0.3, -0.25) is 9.59 Å². The molecular formula is C20H19N3O5S3. The second kappa shape index (κ2) is 8.85. The number of carbonyl (C=O) groups is 2. The number of hydrogen-bond donors (Lipinski definition) is 2. The summed E-state index contributed by atoms with van der Waals surface area (Å²) in [4.78, 5) is 29.1. The second-order valence-electron chi connectivity index (χ2n) is 6.69. The molecule has 4 rings (SSSR count). The first-order chi connectivity index (χ1) is 14.8. The Morgan fingerprint density at radius 1 is 1.26 bits per heavy atom. The maximum Gasteiger partial charge on any atom is 0.234 e. The molecule has 2 heterocycles. The molecule has 2 amide bonds. The van der Waals surface area contributed by atoms with Crippen molar-refractivity contribution < 1.29 is 22.7 Å². The van der Waals surface area contributed by atoms with Crippen molar-refractivity contribution in [2.24, 2.45) is 0 Å². The first-order valence-electron chi connectivity index (χ1n) is 9.47. The number of thioether (sulfide) groups is 1. The van der Waals surface area contributed by atoms with Gasteiger partial charge in [0.1, 0.15) is 5.75 Å². The summed E-state index contributed by atoms with van der Waals surface area (Å²) in [6.07, 6.45) is -0.208. The molecule has 3 aromatic rings. The number of nitrogens with one attached hydrogen (secondary N) is 2. The molecule has 0 aliphatic carbocycles. The quantitative estimate of drug-likeness (QED) is 0.535. The van der Waals surface area contributed by atoms with Gasteiger partial charge in [0.2, 0.25) is 11.8 Å². The van der Waals surface area contributed by atoms with Crippen molar-refractivity contribution in [2.45, 2.75) is 23.1 Å². The summed E-state index contributed by atoms with van der Waals surface area (Å²) in [5, 5.41) is 5.74. The first-order valence-corrected chi connectivity index (χ1v) is 12.9. The Morgan fingerprint density at radius 3 is 2.90 bits per heavy atom. The van der Waals surface area contributed by atoms with Gasteiger partial charge in [-0.05, 0) is 43.3 Å². The van der Waals surface area contributed by atoms with Gasteiger partial charge in [-0.2, -0.15) is 0 Å². The van der Waals surface area contributed by atoms with Gasteiger partial charge in [-0.1, -0.05) is 11.3 Å². The van der Waals surface area contributed by atoms with Crippen LogP contribution >= 0.6 is 23.1 Å². The second-order valence-corrected chi connectivity index (χ2v) is 10.9. The van der Waals surface area contributed by atoms with Gasteiger partial charge in [0.05, 0.1) is 38.9 Å². The van der Waals surface area contributed by atoms with E-state index in [1.807, 2.05) is 25.1 Å². The highest BCUT2D eigenvalue weighted by Gasteiger charge is 2.21. The molecule has 0 spiro atoms. The van der Waals surface area contributed by atoms with Crippen molar-refractivity contribution in [1.82, 2.24) is 4.98 Å². The number of ether oxygens (including phenoxy) is 1. The molecule has 0 saturated carbocycles. The zero-order chi connectivity index (χ0) is 22.0. The Kier molecular flexibility index (Phi) is 6.17. The van der Waals surface area contributed by atoms with Crippen LogP contribution in [0.15, 0.2) is 46.2 Å². The molecule has 1 aliphatic heterocycles. The molecule has 0 fully saturated rings. The van der Waals surface area contributed by atoms with Gasteiger partial charge < -0.3 is 15.4 Å². The molecule has 1 aromatic heterocycles. The van der Waals surface area contributed by atoms with Crippen LogP contribution in [-0.4, -0.2) is 43.3 Å². The Balaban J connectivity index is 1.40. The Bertz CT molecular complexity index is 1270. The van der Waals surface area contributed by atoms with E-state index in [9.17, 15) is 18.0 Å². The van der Waals surface area contributed by atoms with Gasteiger partial charge in [0.25, 0.3) is 0 Å². The summed E-state index contributed by atoms with van der Waals surface area (Å²) in [6, 6.07) is 10.1. The fourth-order valence-corrected chi connectivity index (χ4v) is 5.96. The molecule has 11 heteroatoms. The number of nitrogens with zero attached hydrogens (tertiary/aromatic N) is 1. The first kappa shape index (κ1) is 21.6. The van der Waals surface area contributed by atoms with Crippen LogP contribution in [0.4, 0.5) is 10.8 Å². The lowest BCUT2D eigenvalue weighted by atomic mass is 10.3. The lowest BCUT2D eigenvalue weighted by Crippen LogP contribution is -2.20. The lowest BCUT2D eigenvalue weighted by molar-refractivity contribution is -0.116. The smallest absolute Gasteiger partial charge is 0.234 e. The molecular weight excluding hydrogens is 458 g/mol. The number of sulfone groups is 1. The molecule has 2 aromatic carbocycles. The molecule has 162 valence electrons. The number of fused-ring (bicyclic) bond motifs is 2. The van der Waals surface area contributed by atoms with Gasteiger partial charge in [0, 0.05) is 11.3 Å². The number of thiazole rings is 1. The predicted molar refractivity (Wildman–Crippen MR) is 122 cm³/mol. The molecule has 1 aliphatic rings. The molecule has 0 unspecified atom stereocenters. The summed E-state index contributed by atoms with van der Waals surface area (Å²) in [5.41, 5.74) is 1.21. The van der Waals surface area contributed by atoms with Gasteiger partial charge >= 0.3 is 0 Å². The third kappa shape index (κ3) is 5.00. The van der Waals surface area contributed by atoms with E-state index in [2.05, 4.69) is 15.6 Å². The monoisotopic (exact) mass is 477 g/mol. The summed E-state index contributed by atoms with van der Waals surface area (Å²) < 4.78 is 31.7. The summed E-state index contributed by atoms with van der Waals surface area (Å²) in [6.45, 7) is 2.45.